The molecule has 0 radical (unpaired) electrons. The summed E-state index contributed by atoms with van der Waals surface area (Å²) in [6.45, 7) is 1.91. The lowest BCUT2D eigenvalue weighted by atomic mass is 10.3. The molecule has 0 atom stereocenters. The number of hydrogen-bond acceptors (Lipinski definition) is 2. The third-order valence-electron chi connectivity index (χ3n) is 2.98. The van der Waals surface area contributed by atoms with Crippen molar-refractivity contribution in [3.05, 3.63) is 53.5 Å². The molecule has 6 heteroatoms. The fraction of sp³-hybridized carbons (Fsp3) is 0.143. The summed E-state index contributed by atoms with van der Waals surface area (Å²) in [5.74, 6) is -1.13. The summed E-state index contributed by atoms with van der Waals surface area (Å²) in [6.07, 6.45) is 1.69. The van der Waals surface area contributed by atoms with Crippen LogP contribution in [-0.2, 0) is 5.88 Å². The minimum atomic E-state index is -0.919. The fourth-order valence-electron chi connectivity index (χ4n) is 2.10. The molecular formula is C14H10ClF2N3. The molecule has 2 aromatic heterocycles. The highest BCUT2D eigenvalue weighted by Crippen LogP contribution is 2.23. The molecule has 0 saturated carbocycles. The number of rotatable bonds is 2. The van der Waals surface area contributed by atoms with Crippen LogP contribution < -0.4 is 0 Å². The molecule has 0 fully saturated rings. The van der Waals surface area contributed by atoms with Crippen molar-refractivity contribution in [3.8, 4) is 5.69 Å². The summed E-state index contributed by atoms with van der Waals surface area (Å²) >= 11 is 5.89. The van der Waals surface area contributed by atoms with E-state index in [0.29, 0.717) is 22.7 Å². The minimum absolute atomic E-state index is 0.147. The van der Waals surface area contributed by atoms with E-state index < -0.39 is 11.6 Å². The Morgan fingerprint density at radius 3 is 2.70 bits per heavy atom. The summed E-state index contributed by atoms with van der Waals surface area (Å²) in [6, 6.07) is 5.52. The number of fused-ring (bicyclic) bond motifs is 1. The van der Waals surface area contributed by atoms with Gasteiger partial charge in [-0.05, 0) is 30.7 Å². The molecule has 1 aromatic carbocycles. The van der Waals surface area contributed by atoms with Gasteiger partial charge in [-0.15, -0.1) is 11.6 Å². The maximum atomic E-state index is 13.4. The Bertz CT molecular complexity index is 798. The minimum Gasteiger partial charge on any atom is -0.280 e. The number of benzene rings is 1. The standard InChI is InChI=1S/C14H10ClF2N3/c1-8-4-12-14(18-7-8)20(13(6-15)19-12)9-2-3-10(16)11(17)5-9/h2-5,7H,6H2,1H3. The molecule has 0 saturated heterocycles. The number of aryl methyl sites for hydroxylation is 1. The number of halogens is 3. The summed E-state index contributed by atoms with van der Waals surface area (Å²) < 4.78 is 28.1. The van der Waals surface area contributed by atoms with Crippen molar-refractivity contribution in [2.24, 2.45) is 0 Å². The zero-order chi connectivity index (χ0) is 14.3. The van der Waals surface area contributed by atoms with Crippen LogP contribution in [0, 0.1) is 18.6 Å². The molecule has 0 N–H and O–H groups in total. The first-order chi connectivity index (χ1) is 9.60. The van der Waals surface area contributed by atoms with Crippen molar-refractivity contribution in [1.82, 2.24) is 14.5 Å². The number of hydrogen-bond donors (Lipinski definition) is 0. The van der Waals surface area contributed by atoms with Crippen molar-refractivity contribution in [2.75, 3.05) is 0 Å². The summed E-state index contributed by atoms with van der Waals surface area (Å²) in [5, 5.41) is 0. The van der Waals surface area contributed by atoms with E-state index in [0.717, 1.165) is 17.7 Å². The predicted molar refractivity (Wildman–Crippen MR) is 73.1 cm³/mol. The zero-order valence-electron chi connectivity index (χ0n) is 10.6. The Hall–Kier alpha value is -2.01. The maximum absolute atomic E-state index is 13.4. The highest BCUT2D eigenvalue weighted by atomic mass is 35.5. The van der Waals surface area contributed by atoms with Crippen molar-refractivity contribution >= 4 is 22.8 Å². The molecule has 0 amide bonds. The first-order valence-corrected chi connectivity index (χ1v) is 6.49. The van der Waals surface area contributed by atoms with Gasteiger partial charge < -0.3 is 0 Å². The van der Waals surface area contributed by atoms with Gasteiger partial charge >= 0.3 is 0 Å². The van der Waals surface area contributed by atoms with Gasteiger partial charge in [0.25, 0.3) is 0 Å². The summed E-state index contributed by atoms with van der Waals surface area (Å²) in [5.41, 5.74) is 2.65. The van der Waals surface area contributed by atoms with E-state index >= 15 is 0 Å². The SMILES string of the molecule is Cc1cnc2c(c1)nc(CCl)n2-c1ccc(F)c(F)c1. The molecule has 0 spiro atoms. The van der Waals surface area contributed by atoms with Crippen LogP contribution >= 0.6 is 11.6 Å². The molecule has 3 rings (SSSR count). The van der Waals surface area contributed by atoms with E-state index in [2.05, 4.69) is 9.97 Å². The van der Waals surface area contributed by atoms with Gasteiger partial charge in [-0.2, -0.15) is 0 Å². The van der Waals surface area contributed by atoms with Gasteiger partial charge in [0.2, 0.25) is 0 Å². The van der Waals surface area contributed by atoms with Gasteiger partial charge in [0.1, 0.15) is 11.3 Å². The highest BCUT2D eigenvalue weighted by molar-refractivity contribution is 6.16. The molecule has 0 unspecified atom stereocenters. The van der Waals surface area contributed by atoms with E-state index in [1.54, 1.807) is 10.8 Å². The smallest absolute Gasteiger partial charge is 0.164 e. The van der Waals surface area contributed by atoms with Gasteiger partial charge in [-0.3, -0.25) is 4.57 Å². The average Bonchev–Trinajstić information content (AvgIpc) is 2.79. The van der Waals surface area contributed by atoms with Crippen LogP contribution in [0.3, 0.4) is 0 Å². The topological polar surface area (TPSA) is 30.7 Å². The summed E-state index contributed by atoms with van der Waals surface area (Å²) in [4.78, 5) is 8.68. The van der Waals surface area contributed by atoms with Gasteiger partial charge in [-0.1, -0.05) is 0 Å². The second-order valence-corrected chi connectivity index (χ2v) is 4.72. The molecule has 0 aliphatic rings. The molecule has 102 valence electrons. The Morgan fingerprint density at radius 2 is 2.00 bits per heavy atom. The lowest BCUT2D eigenvalue weighted by Crippen LogP contribution is -2.01. The third kappa shape index (κ3) is 2.04. The van der Waals surface area contributed by atoms with Crippen LogP contribution in [0.1, 0.15) is 11.4 Å². The Kier molecular flexibility index (Phi) is 3.14. The van der Waals surface area contributed by atoms with E-state index in [-0.39, 0.29) is 5.88 Å². The fourth-order valence-corrected chi connectivity index (χ4v) is 2.28. The second kappa shape index (κ2) is 4.83. The van der Waals surface area contributed by atoms with Crippen molar-refractivity contribution in [2.45, 2.75) is 12.8 Å². The average molecular weight is 294 g/mol. The molecule has 0 bridgehead atoms. The van der Waals surface area contributed by atoms with E-state index in [1.165, 1.54) is 6.07 Å². The normalized spacial score (nSPS) is 11.2. The molecule has 0 aliphatic heterocycles. The van der Waals surface area contributed by atoms with Gasteiger partial charge in [0, 0.05) is 12.3 Å². The van der Waals surface area contributed by atoms with Crippen LogP contribution in [-0.4, -0.2) is 14.5 Å². The number of nitrogens with zero attached hydrogens (tertiary/aromatic N) is 3. The van der Waals surface area contributed by atoms with E-state index in [4.69, 9.17) is 11.6 Å². The molecule has 3 aromatic rings. The summed E-state index contributed by atoms with van der Waals surface area (Å²) in [7, 11) is 0. The van der Waals surface area contributed by atoms with Crippen LogP contribution in [0.25, 0.3) is 16.9 Å². The molecule has 3 nitrogen and oxygen atoms in total. The lowest BCUT2D eigenvalue weighted by Gasteiger charge is -2.07. The first kappa shape index (κ1) is 13.0. The van der Waals surface area contributed by atoms with Gasteiger partial charge in [0.15, 0.2) is 17.3 Å². The van der Waals surface area contributed by atoms with Crippen LogP contribution in [0.5, 0.6) is 0 Å². The Morgan fingerprint density at radius 1 is 1.20 bits per heavy atom. The number of pyridine rings is 1. The van der Waals surface area contributed by atoms with Crippen molar-refractivity contribution < 1.29 is 8.78 Å². The maximum Gasteiger partial charge on any atom is 0.164 e. The molecule has 0 aliphatic carbocycles. The van der Waals surface area contributed by atoms with Crippen molar-refractivity contribution in [1.29, 1.82) is 0 Å². The monoisotopic (exact) mass is 293 g/mol. The number of alkyl halides is 1. The molecule has 20 heavy (non-hydrogen) atoms. The van der Waals surface area contributed by atoms with Gasteiger partial charge in [-0.25, -0.2) is 18.7 Å². The quantitative estimate of drug-likeness (QED) is 0.674. The van der Waals surface area contributed by atoms with E-state index in [9.17, 15) is 8.78 Å². The zero-order valence-corrected chi connectivity index (χ0v) is 11.3. The Labute approximate surface area is 118 Å². The predicted octanol–water partition coefficient (Wildman–Crippen LogP) is 3.75. The Balaban J connectivity index is 2.30. The van der Waals surface area contributed by atoms with Gasteiger partial charge in [0.05, 0.1) is 11.6 Å². The van der Waals surface area contributed by atoms with Crippen molar-refractivity contribution in [3.63, 3.8) is 0 Å². The second-order valence-electron chi connectivity index (χ2n) is 4.45. The number of imidazole rings is 1. The first-order valence-electron chi connectivity index (χ1n) is 5.95. The largest absolute Gasteiger partial charge is 0.280 e. The van der Waals surface area contributed by atoms with Crippen LogP contribution in [0.2, 0.25) is 0 Å². The molecular weight excluding hydrogens is 284 g/mol. The highest BCUT2D eigenvalue weighted by Gasteiger charge is 2.14. The number of aromatic nitrogens is 3. The molecule has 2 heterocycles. The lowest BCUT2D eigenvalue weighted by molar-refractivity contribution is 0.508. The third-order valence-corrected chi connectivity index (χ3v) is 3.22. The van der Waals surface area contributed by atoms with Crippen LogP contribution in [0.15, 0.2) is 30.5 Å². The van der Waals surface area contributed by atoms with E-state index in [1.807, 2.05) is 13.0 Å². The van der Waals surface area contributed by atoms with Crippen LogP contribution in [0.4, 0.5) is 8.78 Å².